The van der Waals surface area contributed by atoms with Gasteiger partial charge in [-0.15, -0.1) is 0 Å². The van der Waals surface area contributed by atoms with E-state index in [9.17, 15) is 9.59 Å². The molecule has 2 amide bonds. The Morgan fingerprint density at radius 1 is 1.45 bits per heavy atom. The number of anilines is 1. The number of urea groups is 1. The van der Waals surface area contributed by atoms with Crippen LogP contribution in [0.15, 0.2) is 41.4 Å². The lowest BCUT2D eigenvalue weighted by atomic mass is 10.2. The van der Waals surface area contributed by atoms with Crippen molar-refractivity contribution in [1.29, 1.82) is 0 Å². The Labute approximate surface area is 134 Å². The second-order valence-corrected chi connectivity index (χ2v) is 6.25. The first-order valence-corrected chi connectivity index (χ1v) is 7.95. The minimum Gasteiger partial charge on any atom is -0.342 e. The molecule has 1 heterocycles. The van der Waals surface area contributed by atoms with E-state index in [4.69, 9.17) is 5.84 Å². The summed E-state index contributed by atoms with van der Waals surface area (Å²) in [6, 6.07) is 9.31. The summed E-state index contributed by atoms with van der Waals surface area (Å²) in [4.78, 5) is 26.7. The molecule has 6 nitrogen and oxygen atoms in total. The van der Waals surface area contributed by atoms with E-state index in [2.05, 4.69) is 24.2 Å². The molecule has 1 unspecified atom stereocenters. The van der Waals surface area contributed by atoms with E-state index in [1.54, 1.807) is 5.41 Å². The molecule has 2 rings (SSSR count). The maximum Gasteiger partial charge on any atom is 0.338 e. The number of hydrogen-bond acceptors (Lipinski definition) is 5. The smallest absolute Gasteiger partial charge is 0.338 e. The van der Waals surface area contributed by atoms with Crippen LogP contribution >= 0.6 is 11.8 Å². The number of hydrogen-bond donors (Lipinski definition) is 2. The van der Waals surface area contributed by atoms with Gasteiger partial charge < -0.3 is 4.90 Å². The van der Waals surface area contributed by atoms with Gasteiger partial charge in [-0.05, 0) is 18.1 Å². The highest BCUT2D eigenvalue weighted by Crippen LogP contribution is 2.35. The number of carbonyl (C=O) groups is 2. The van der Waals surface area contributed by atoms with Crippen LogP contribution in [0, 0.1) is 5.92 Å². The molecule has 0 aliphatic carbocycles. The second-order valence-electron chi connectivity index (χ2n) is 5.32. The summed E-state index contributed by atoms with van der Waals surface area (Å²) in [7, 11) is 0. The Balaban J connectivity index is 2.34. The standard InChI is InChI=1S/C15H20N4O2S/c1-11(2)8-18(12-6-4-3-5-7-12)15-19(14(21)17-16)13(9-20)10-22-15/h3-7,9-11,15H,8,16H2,1-2H3,(H,17,21). The van der Waals surface area contributed by atoms with Crippen LogP contribution < -0.4 is 16.2 Å². The number of nitrogens with one attached hydrogen (secondary N) is 1. The highest BCUT2D eigenvalue weighted by atomic mass is 32.2. The van der Waals surface area contributed by atoms with E-state index < -0.39 is 6.03 Å². The van der Waals surface area contributed by atoms with Gasteiger partial charge in [-0.1, -0.05) is 43.8 Å². The van der Waals surface area contributed by atoms with Crippen molar-refractivity contribution in [1.82, 2.24) is 10.3 Å². The van der Waals surface area contributed by atoms with E-state index >= 15 is 0 Å². The highest BCUT2D eigenvalue weighted by molar-refractivity contribution is 8.03. The zero-order valence-electron chi connectivity index (χ0n) is 12.6. The summed E-state index contributed by atoms with van der Waals surface area (Å²) in [6.45, 7) is 4.96. The first kappa shape index (κ1) is 16.4. The van der Waals surface area contributed by atoms with Crippen molar-refractivity contribution in [2.75, 3.05) is 11.4 Å². The van der Waals surface area contributed by atoms with Crippen LogP contribution in [0.4, 0.5) is 10.5 Å². The summed E-state index contributed by atoms with van der Waals surface area (Å²) in [5.74, 6) is 5.65. The average Bonchev–Trinajstić information content (AvgIpc) is 2.96. The zero-order valence-corrected chi connectivity index (χ0v) is 13.4. The summed E-state index contributed by atoms with van der Waals surface area (Å²) in [5, 5.41) is 1.68. The Morgan fingerprint density at radius 2 is 2.14 bits per heavy atom. The van der Waals surface area contributed by atoms with Gasteiger partial charge in [-0.2, -0.15) is 0 Å². The maximum absolute atomic E-state index is 12.1. The van der Waals surface area contributed by atoms with E-state index in [1.165, 1.54) is 16.7 Å². The Hall–Kier alpha value is -1.99. The summed E-state index contributed by atoms with van der Waals surface area (Å²) in [6.07, 6.45) is 0.667. The third-order valence-electron chi connectivity index (χ3n) is 3.19. The molecule has 0 saturated carbocycles. The molecule has 0 spiro atoms. The predicted octanol–water partition coefficient (Wildman–Crippen LogP) is 2.10. The van der Waals surface area contributed by atoms with Crippen molar-refractivity contribution in [3.8, 4) is 0 Å². The average molecular weight is 320 g/mol. The van der Waals surface area contributed by atoms with Gasteiger partial charge in [0.15, 0.2) is 11.8 Å². The molecule has 0 saturated heterocycles. The van der Waals surface area contributed by atoms with Gasteiger partial charge in [0.25, 0.3) is 0 Å². The highest BCUT2D eigenvalue weighted by Gasteiger charge is 2.36. The third-order valence-corrected chi connectivity index (χ3v) is 4.28. The molecule has 1 aliphatic heterocycles. The number of amides is 2. The van der Waals surface area contributed by atoms with E-state index in [-0.39, 0.29) is 5.50 Å². The SMILES string of the molecule is CC(C)CN(c1ccccc1)C1SC=C(C=O)N1C(=O)NN. The molecule has 0 radical (unpaired) electrons. The van der Waals surface area contributed by atoms with Crippen LogP contribution in [0.1, 0.15) is 13.8 Å². The Kier molecular flexibility index (Phi) is 5.46. The van der Waals surface area contributed by atoms with Gasteiger partial charge in [0.1, 0.15) is 0 Å². The fraction of sp³-hybridized carbons (Fsp3) is 0.333. The fourth-order valence-corrected chi connectivity index (χ4v) is 3.42. The molecule has 1 aromatic carbocycles. The fourth-order valence-electron chi connectivity index (χ4n) is 2.30. The van der Waals surface area contributed by atoms with E-state index in [1.807, 2.05) is 30.3 Å². The van der Waals surface area contributed by atoms with Crippen LogP contribution in [0.3, 0.4) is 0 Å². The van der Waals surface area contributed by atoms with E-state index in [0.717, 1.165) is 12.2 Å². The molecule has 1 aliphatic rings. The number of rotatable bonds is 5. The van der Waals surface area contributed by atoms with Gasteiger partial charge in [0.2, 0.25) is 0 Å². The van der Waals surface area contributed by atoms with Crippen molar-refractivity contribution in [2.24, 2.45) is 11.8 Å². The van der Waals surface area contributed by atoms with Crippen molar-refractivity contribution in [3.63, 3.8) is 0 Å². The molecule has 3 N–H and O–H groups in total. The minimum absolute atomic E-state index is 0.308. The molecule has 7 heteroatoms. The number of benzene rings is 1. The monoisotopic (exact) mass is 320 g/mol. The lowest BCUT2D eigenvalue weighted by molar-refractivity contribution is -0.105. The van der Waals surface area contributed by atoms with Crippen molar-refractivity contribution >= 4 is 29.8 Å². The number of aldehydes is 1. The molecule has 1 atom stereocenters. The van der Waals surface area contributed by atoms with Crippen LogP contribution in [0.25, 0.3) is 0 Å². The first-order chi connectivity index (χ1) is 10.6. The number of allylic oxidation sites excluding steroid dienone is 1. The van der Waals surface area contributed by atoms with Gasteiger partial charge in [-0.25, -0.2) is 10.6 Å². The molecule has 0 aromatic heterocycles. The molecule has 0 fully saturated rings. The van der Waals surface area contributed by atoms with Gasteiger partial charge >= 0.3 is 6.03 Å². The quantitative estimate of drug-likeness (QED) is 0.376. The molecule has 1 aromatic rings. The third kappa shape index (κ3) is 3.42. The maximum atomic E-state index is 12.1. The number of hydrazine groups is 1. The van der Waals surface area contributed by atoms with Crippen molar-refractivity contribution in [3.05, 3.63) is 41.4 Å². The topological polar surface area (TPSA) is 78.7 Å². The molecular formula is C15H20N4O2S. The zero-order chi connectivity index (χ0) is 16.1. The second kappa shape index (κ2) is 7.33. The normalized spacial score (nSPS) is 17.4. The predicted molar refractivity (Wildman–Crippen MR) is 88.7 cm³/mol. The molecule has 22 heavy (non-hydrogen) atoms. The number of nitrogens with two attached hydrogens (primary N) is 1. The van der Waals surface area contributed by atoms with Crippen LogP contribution in [0.5, 0.6) is 0 Å². The summed E-state index contributed by atoms with van der Waals surface area (Å²) in [5.41, 5.74) is 3.07. The summed E-state index contributed by atoms with van der Waals surface area (Å²) >= 11 is 1.41. The van der Waals surface area contributed by atoms with Crippen LogP contribution in [0.2, 0.25) is 0 Å². The van der Waals surface area contributed by atoms with E-state index in [0.29, 0.717) is 17.9 Å². The minimum atomic E-state index is -0.502. The Morgan fingerprint density at radius 3 is 2.68 bits per heavy atom. The lowest BCUT2D eigenvalue weighted by Crippen LogP contribution is -2.52. The lowest BCUT2D eigenvalue weighted by Gasteiger charge is -2.37. The Bertz CT molecular complexity index is 562. The van der Waals surface area contributed by atoms with Crippen molar-refractivity contribution < 1.29 is 9.59 Å². The summed E-state index contributed by atoms with van der Waals surface area (Å²) < 4.78 is 0. The van der Waals surface area contributed by atoms with Gasteiger partial charge in [0.05, 0.1) is 5.70 Å². The number of para-hydroxylation sites is 1. The first-order valence-electron chi connectivity index (χ1n) is 7.00. The van der Waals surface area contributed by atoms with Crippen molar-refractivity contribution in [2.45, 2.75) is 19.3 Å². The van der Waals surface area contributed by atoms with Gasteiger partial charge in [0, 0.05) is 17.6 Å². The largest absolute Gasteiger partial charge is 0.342 e. The number of carbonyl (C=O) groups excluding carboxylic acids is 2. The number of thioether (sulfide) groups is 1. The number of nitrogens with zero attached hydrogens (tertiary/aromatic N) is 2. The molecule has 0 bridgehead atoms. The van der Waals surface area contributed by atoms with Crippen LogP contribution in [-0.4, -0.2) is 29.3 Å². The molecular weight excluding hydrogens is 300 g/mol. The van der Waals surface area contributed by atoms with Crippen LogP contribution in [-0.2, 0) is 4.79 Å². The van der Waals surface area contributed by atoms with Gasteiger partial charge in [-0.3, -0.25) is 15.1 Å². The molecule has 118 valence electrons.